The van der Waals surface area contributed by atoms with E-state index in [0.29, 0.717) is 5.69 Å². The molecule has 0 amide bonds. The molecule has 2 aromatic rings. The molecule has 0 saturated carbocycles. The smallest absolute Gasteiger partial charge is 0.180 e. The van der Waals surface area contributed by atoms with Gasteiger partial charge >= 0.3 is 0 Å². The molecule has 0 heterocycles. The topological polar surface area (TPSA) is 79.1 Å². The molecule has 20 heavy (non-hydrogen) atoms. The van der Waals surface area contributed by atoms with E-state index < -0.39 is 16.4 Å². The predicted molar refractivity (Wildman–Crippen MR) is 76.2 cm³/mol. The van der Waals surface area contributed by atoms with E-state index in [4.69, 9.17) is 5.11 Å². The summed E-state index contributed by atoms with van der Waals surface area (Å²) in [6.45, 7) is -0.391. The van der Waals surface area contributed by atoms with Crippen LogP contribution in [0, 0.1) is 0 Å². The second-order valence-electron chi connectivity index (χ2n) is 4.07. The van der Waals surface area contributed by atoms with Gasteiger partial charge in [-0.25, -0.2) is 8.42 Å². The number of aliphatic hydroxyl groups excluding tert-OH is 1. The number of hydrogen-bond donors (Lipinski definition) is 1. The second kappa shape index (κ2) is 6.40. The molecule has 104 valence electrons. The van der Waals surface area contributed by atoms with E-state index in [9.17, 15) is 8.42 Å². The molecule has 6 heteroatoms. The van der Waals surface area contributed by atoms with Crippen LogP contribution >= 0.6 is 0 Å². The van der Waals surface area contributed by atoms with Crippen molar-refractivity contribution >= 4 is 21.2 Å². The Bertz CT molecular complexity index is 680. The monoisotopic (exact) mass is 290 g/mol. The van der Waals surface area contributed by atoms with Crippen molar-refractivity contribution in [2.45, 2.75) is 4.90 Å². The van der Waals surface area contributed by atoms with Crippen LogP contribution < -0.4 is 0 Å². The number of benzene rings is 2. The van der Waals surface area contributed by atoms with Crippen molar-refractivity contribution < 1.29 is 13.5 Å². The summed E-state index contributed by atoms with van der Waals surface area (Å²) in [7, 11) is -3.42. The largest absolute Gasteiger partial charge is 0.395 e. The third-order valence-electron chi connectivity index (χ3n) is 2.59. The first-order chi connectivity index (χ1) is 9.62. The third kappa shape index (κ3) is 3.72. The Hall–Kier alpha value is -2.05. The average molecular weight is 290 g/mol. The molecule has 0 spiro atoms. The minimum absolute atomic E-state index is 0.171. The molecule has 5 nitrogen and oxygen atoms in total. The van der Waals surface area contributed by atoms with Gasteiger partial charge in [0.25, 0.3) is 0 Å². The maximum Gasteiger partial charge on any atom is 0.180 e. The quantitative estimate of drug-likeness (QED) is 0.860. The van der Waals surface area contributed by atoms with Crippen molar-refractivity contribution in [1.82, 2.24) is 0 Å². The van der Waals surface area contributed by atoms with Gasteiger partial charge in [-0.15, -0.1) is 0 Å². The molecule has 0 atom stereocenters. The van der Waals surface area contributed by atoms with Crippen LogP contribution in [-0.4, -0.2) is 25.9 Å². The lowest BCUT2D eigenvalue weighted by Gasteiger charge is -2.02. The first kappa shape index (κ1) is 14.4. The van der Waals surface area contributed by atoms with Gasteiger partial charge in [0.15, 0.2) is 9.84 Å². The maximum atomic E-state index is 11.7. The third-order valence-corrected chi connectivity index (χ3v) is 4.30. The molecule has 0 bridgehead atoms. The summed E-state index contributed by atoms with van der Waals surface area (Å²) in [5.41, 5.74) is 1.29. The van der Waals surface area contributed by atoms with Crippen molar-refractivity contribution in [3.8, 4) is 0 Å². The first-order valence-electron chi connectivity index (χ1n) is 6.02. The molecule has 0 aliphatic rings. The fourth-order valence-corrected chi connectivity index (χ4v) is 2.60. The van der Waals surface area contributed by atoms with E-state index in [-0.39, 0.29) is 10.6 Å². The number of rotatable bonds is 5. The van der Waals surface area contributed by atoms with E-state index in [1.807, 2.05) is 30.3 Å². The Morgan fingerprint density at radius 2 is 1.40 bits per heavy atom. The van der Waals surface area contributed by atoms with Crippen molar-refractivity contribution in [3.05, 3.63) is 54.6 Å². The molecule has 2 rings (SSSR count). The normalized spacial score (nSPS) is 11.8. The SMILES string of the molecule is O=S(=O)(CCO)c1ccc(N=Nc2ccccc2)cc1. The standard InChI is InChI=1S/C14H14N2O3S/c17-10-11-20(18,19)14-8-6-13(7-9-14)16-15-12-4-2-1-3-5-12/h1-9,17H,10-11H2. The van der Waals surface area contributed by atoms with Crippen molar-refractivity contribution in [2.24, 2.45) is 10.2 Å². The van der Waals surface area contributed by atoms with Crippen molar-refractivity contribution in [2.75, 3.05) is 12.4 Å². The second-order valence-corrected chi connectivity index (χ2v) is 6.18. The Balaban J connectivity index is 2.15. The zero-order valence-corrected chi connectivity index (χ0v) is 11.5. The van der Waals surface area contributed by atoms with Crippen LogP contribution in [0.15, 0.2) is 69.7 Å². The lowest BCUT2D eigenvalue weighted by atomic mass is 10.3. The zero-order valence-electron chi connectivity index (χ0n) is 10.7. The summed E-state index contributed by atoms with van der Waals surface area (Å²) < 4.78 is 23.4. The molecule has 1 N–H and O–H groups in total. The van der Waals surface area contributed by atoms with E-state index in [2.05, 4.69) is 10.2 Å². The van der Waals surface area contributed by atoms with E-state index in [0.717, 1.165) is 5.69 Å². The van der Waals surface area contributed by atoms with E-state index >= 15 is 0 Å². The lowest BCUT2D eigenvalue weighted by Crippen LogP contribution is -2.09. The summed E-state index contributed by atoms with van der Waals surface area (Å²) in [6.07, 6.45) is 0. The van der Waals surface area contributed by atoms with Crippen LogP contribution in [0.2, 0.25) is 0 Å². The van der Waals surface area contributed by atoms with Gasteiger partial charge in [-0.05, 0) is 36.4 Å². The number of sulfone groups is 1. The summed E-state index contributed by atoms with van der Waals surface area (Å²) >= 11 is 0. The highest BCUT2D eigenvalue weighted by Gasteiger charge is 2.12. The molecule has 0 unspecified atom stereocenters. The van der Waals surface area contributed by atoms with Crippen LogP contribution in [0.1, 0.15) is 0 Å². The molecule has 2 aromatic carbocycles. The first-order valence-corrected chi connectivity index (χ1v) is 7.67. The Morgan fingerprint density at radius 3 is 1.95 bits per heavy atom. The summed E-state index contributed by atoms with van der Waals surface area (Å²) in [5, 5.41) is 16.8. The molecule has 0 aromatic heterocycles. The van der Waals surface area contributed by atoms with Crippen LogP contribution in [0.5, 0.6) is 0 Å². The average Bonchev–Trinajstić information content (AvgIpc) is 2.47. The van der Waals surface area contributed by atoms with Crippen molar-refractivity contribution in [1.29, 1.82) is 0 Å². The van der Waals surface area contributed by atoms with Gasteiger partial charge < -0.3 is 5.11 Å². The molecular formula is C14H14N2O3S. The van der Waals surface area contributed by atoms with Gasteiger partial charge in [0.2, 0.25) is 0 Å². The Labute approximate surface area is 117 Å². The minimum atomic E-state index is -3.42. The van der Waals surface area contributed by atoms with Gasteiger partial charge in [-0.2, -0.15) is 10.2 Å². The number of azo groups is 1. The summed E-state index contributed by atoms with van der Waals surface area (Å²) in [4.78, 5) is 0.171. The number of hydrogen-bond acceptors (Lipinski definition) is 5. The van der Waals surface area contributed by atoms with Gasteiger partial charge in [0.05, 0.1) is 28.6 Å². The highest BCUT2D eigenvalue weighted by atomic mass is 32.2. The van der Waals surface area contributed by atoms with Gasteiger partial charge in [-0.1, -0.05) is 18.2 Å². The lowest BCUT2D eigenvalue weighted by molar-refractivity contribution is 0.319. The van der Waals surface area contributed by atoms with Crippen molar-refractivity contribution in [3.63, 3.8) is 0 Å². The molecule has 0 fully saturated rings. The predicted octanol–water partition coefficient (Wildman–Crippen LogP) is 2.87. The van der Waals surface area contributed by atoms with Gasteiger partial charge in [0.1, 0.15) is 0 Å². The highest BCUT2D eigenvalue weighted by molar-refractivity contribution is 7.91. The molecule has 0 aliphatic heterocycles. The van der Waals surface area contributed by atoms with Crippen LogP contribution in [-0.2, 0) is 9.84 Å². The molecule has 0 aliphatic carbocycles. The minimum Gasteiger partial charge on any atom is -0.395 e. The fraction of sp³-hybridized carbons (Fsp3) is 0.143. The Kier molecular flexibility index (Phi) is 4.60. The molecular weight excluding hydrogens is 276 g/mol. The molecule has 0 radical (unpaired) electrons. The fourth-order valence-electron chi connectivity index (χ4n) is 1.57. The highest BCUT2D eigenvalue weighted by Crippen LogP contribution is 2.20. The molecule has 0 saturated heterocycles. The summed E-state index contributed by atoms with van der Waals surface area (Å²) in [5.74, 6) is -0.280. The van der Waals surface area contributed by atoms with Crippen LogP contribution in [0.3, 0.4) is 0 Å². The van der Waals surface area contributed by atoms with Crippen LogP contribution in [0.4, 0.5) is 11.4 Å². The zero-order chi connectivity index (χ0) is 14.4. The number of nitrogens with zero attached hydrogens (tertiary/aromatic N) is 2. The van der Waals surface area contributed by atoms with Gasteiger partial charge in [0, 0.05) is 0 Å². The van der Waals surface area contributed by atoms with E-state index in [1.165, 1.54) is 12.1 Å². The van der Waals surface area contributed by atoms with Gasteiger partial charge in [-0.3, -0.25) is 0 Å². The van der Waals surface area contributed by atoms with E-state index in [1.54, 1.807) is 12.1 Å². The van der Waals surface area contributed by atoms with Crippen LogP contribution in [0.25, 0.3) is 0 Å². The number of aliphatic hydroxyl groups is 1. The maximum absolute atomic E-state index is 11.7. The Morgan fingerprint density at radius 1 is 0.850 bits per heavy atom. The summed E-state index contributed by atoms with van der Waals surface area (Å²) in [6, 6.07) is 15.3.